The third kappa shape index (κ3) is 3.54. The Bertz CT molecular complexity index is 1280. The van der Waals surface area contributed by atoms with Crippen molar-refractivity contribution in [2.24, 2.45) is 7.05 Å². The van der Waals surface area contributed by atoms with Gasteiger partial charge in [0.1, 0.15) is 6.61 Å². The normalized spacial score (nSPS) is 11.2. The lowest BCUT2D eigenvalue weighted by atomic mass is 9.98. The van der Waals surface area contributed by atoms with Crippen LogP contribution in [0, 0.1) is 0 Å². The van der Waals surface area contributed by atoms with Gasteiger partial charge in [-0.2, -0.15) is 4.57 Å². The first-order valence-electron chi connectivity index (χ1n) is 10.6. The molecule has 1 N–H and O–H groups in total. The van der Waals surface area contributed by atoms with Crippen LogP contribution in [0.1, 0.15) is 0 Å². The average Bonchev–Trinajstić information content (AvgIpc) is 3.17. The van der Waals surface area contributed by atoms with E-state index in [9.17, 15) is 5.11 Å². The van der Waals surface area contributed by atoms with Gasteiger partial charge in [-0.3, -0.25) is 0 Å². The summed E-state index contributed by atoms with van der Waals surface area (Å²) in [7, 11) is 2.09. The number of aromatic nitrogens is 2. The molecule has 0 bridgehead atoms. The highest BCUT2D eigenvalue weighted by Crippen LogP contribution is 2.34. The molecule has 0 spiro atoms. The van der Waals surface area contributed by atoms with Crippen LogP contribution in [0.4, 0.5) is 0 Å². The predicted octanol–water partition coefficient (Wildman–Crippen LogP) is 5.46. The molecule has 0 unspecified atom stereocenters. The predicted molar refractivity (Wildman–Crippen MR) is 127 cm³/mol. The fourth-order valence-electron chi connectivity index (χ4n) is 4.39. The molecule has 0 fully saturated rings. The molecule has 0 aliphatic rings. The quantitative estimate of drug-likeness (QED) is 0.387. The minimum atomic E-state index is 0.0813. The summed E-state index contributed by atoms with van der Waals surface area (Å²) in [5.74, 6) is 0. The highest BCUT2D eigenvalue weighted by Gasteiger charge is 2.23. The number of hydrogen-bond donors (Lipinski definition) is 1. The second-order valence-corrected chi connectivity index (χ2v) is 7.79. The number of rotatable bonds is 5. The number of para-hydroxylation sites is 1. The van der Waals surface area contributed by atoms with Crippen molar-refractivity contribution in [2.75, 3.05) is 6.61 Å². The molecule has 0 saturated heterocycles. The van der Waals surface area contributed by atoms with Crippen LogP contribution in [0.2, 0.25) is 0 Å². The zero-order valence-electron chi connectivity index (χ0n) is 17.6. The Morgan fingerprint density at radius 3 is 1.84 bits per heavy atom. The van der Waals surface area contributed by atoms with E-state index in [1.165, 1.54) is 22.0 Å². The summed E-state index contributed by atoms with van der Waals surface area (Å²) >= 11 is 0. The Kier molecular flexibility index (Phi) is 5.11. The molecule has 0 aliphatic carbocycles. The van der Waals surface area contributed by atoms with Crippen LogP contribution < -0.4 is 4.57 Å². The maximum absolute atomic E-state index is 9.87. The van der Waals surface area contributed by atoms with Gasteiger partial charge in [-0.25, -0.2) is 0 Å². The zero-order valence-corrected chi connectivity index (χ0v) is 17.6. The van der Waals surface area contributed by atoms with Gasteiger partial charge in [0.2, 0.25) is 11.4 Å². The summed E-state index contributed by atoms with van der Waals surface area (Å²) in [4.78, 5) is 0. The molecular formula is C28H25N2O+. The van der Waals surface area contributed by atoms with Gasteiger partial charge in [0.25, 0.3) is 0 Å². The zero-order chi connectivity index (χ0) is 21.2. The maximum Gasteiger partial charge on any atom is 0.213 e. The van der Waals surface area contributed by atoms with Gasteiger partial charge in [0.05, 0.1) is 0 Å². The van der Waals surface area contributed by atoms with E-state index in [2.05, 4.69) is 107 Å². The first-order valence-corrected chi connectivity index (χ1v) is 10.6. The van der Waals surface area contributed by atoms with E-state index in [1.807, 2.05) is 12.1 Å². The molecule has 5 aromatic rings. The SMILES string of the molecule is Cn1cc(-c2cc(-c3ccccc3)[n+](CCO)c(-c3ccccc3)c2)c2ccccc21. The van der Waals surface area contributed by atoms with E-state index in [0.29, 0.717) is 6.54 Å². The second kappa shape index (κ2) is 8.21. The Balaban J connectivity index is 1.84. The summed E-state index contributed by atoms with van der Waals surface area (Å²) < 4.78 is 4.41. The van der Waals surface area contributed by atoms with E-state index in [1.54, 1.807) is 0 Å². The van der Waals surface area contributed by atoms with Crippen molar-refractivity contribution in [3.8, 4) is 33.6 Å². The molecule has 2 aromatic heterocycles. The van der Waals surface area contributed by atoms with E-state index in [-0.39, 0.29) is 6.61 Å². The van der Waals surface area contributed by atoms with Crippen LogP contribution in [0.25, 0.3) is 44.5 Å². The van der Waals surface area contributed by atoms with E-state index in [4.69, 9.17) is 0 Å². The van der Waals surface area contributed by atoms with Crippen LogP contribution in [-0.4, -0.2) is 16.3 Å². The Morgan fingerprint density at radius 1 is 0.710 bits per heavy atom. The number of pyridine rings is 1. The van der Waals surface area contributed by atoms with Crippen molar-refractivity contribution in [1.29, 1.82) is 0 Å². The van der Waals surface area contributed by atoms with Gasteiger partial charge < -0.3 is 9.67 Å². The van der Waals surface area contributed by atoms with Gasteiger partial charge in [-0.05, 0) is 35.9 Å². The Morgan fingerprint density at radius 2 is 1.26 bits per heavy atom. The molecular weight excluding hydrogens is 380 g/mol. The highest BCUT2D eigenvalue weighted by atomic mass is 16.3. The van der Waals surface area contributed by atoms with E-state index >= 15 is 0 Å². The molecule has 5 rings (SSSR count). The first-order chi connectivity index (χ1) is 15.3. The lowest BCUT2D eigenvalue weighted by Crippen LogP contribution is -2.40. The standard InChI is InChI=1S/C28H25N2O/c1-29-20-25(24-14-8-9-15-26(24)29)23-18-27(21-10-4-2-5-11-21)30(16-17-31)28(19-23)22-12-6-3-7-13-22/h2-15,18-20,31H,16-17H2,1H3/q+1. The van der Waals surface area contributed by atoms with Crippen molar-refractivity contribution in [1.82, 2.24) is 4.57 Å². The van der Waals surface area contributed by atoms with Crippen molar-refractivity contribution >= 4 is 10.9 Å². The van der Waals surface area contributed by atoms with Crippen LogP contribution >= 0.6 is 0 Å². The number of benzene rings is 3. The highest BCUT2D eigenvalue weighted by molar-refractivity contribution is 5.97. The minimum Gasteiger partial charge on any atom is -0.390 e. The Labute approximate surface area is 182 Å². The largest absolute Gasteiger partial charge is 0.390 e. The fourth-order valence-corrected chi connectivity index (χ4v) is 4.39. The molecule has 0 amide bonds. The van der Waals surface area contributed by atoms with Crippen LogP contribution in [0.5, 0.6) is 0 Å². The molecule has 0 radical (unpaired) electrons. The summed E-state index contributed by atoms with van der Waals surface area (Å²) in [6.07, 6.45) is 2.21. The fraction of sp³-hybridized carbons (Fsp3) is 0.107. The van der Waals surface area contributed by atoms with E-state index < -0.39 is 0 Å². The van der Waals surface area contributed by atoms with Crippen LogP contribution in [0.3, 0.4) is 0 Å². The minimum absolute atomic E-state index is 0.0813. The van der Waals surface area contributed by atoms with Gasteiger partial charge in [-0.15, -0.1) is 0 Å². The van der Waals surface area contributed by atoms with E-state index in [0.717, 1.165) is 22.5 Å². The molecule has 2 heterocycles. The molecule has 0 atom stereocenters. The summed E-state index contributed by atoms with van der Waals surface area (Å²) in [5.41, 5.74) is 8.06. The number of hydrogen-bond acceptors (Lipinski definition) is 1. The smallest absolute Gasteiger partial charge is 0.213 e. The van der Waals surface area contributed by atoms with Crippen molar-refractivity contribution in [3.05, 3.63) is 103 Å². The first kappa shape index (κ1) is 19.3. The molecule has 0 aliphatic heterocycles. The second-order valence-electron chi connectivity index (χ2n) is 7.79. The number of fused-ring (bicyclic) bond motifs is 1. The van der Waals surface area contributed by atoms with Crippen LogP contribution in [-0.2, 0) is 13.6 Å². The van der Waals surface area contributed by atoms with Crippen LogP contribution in [0.15, 0.2) is 103 Å². The van der Waals surface area contributed by atoms with Crippen molar-refractivity contribution in [2.45, 2.75) is 6.54 Å². The molecule has 31 heavy (non-hydrogen) atoms. The topological polar surface area (TPSA) is 29.0 Å². The van der Waals surface area contributed by atoms with Crippen molar-refractivity contribution < 1.29 is 9.67 Å². The van der Waals surface area contributed by atoms with Gasteiger partial charge >= 0.3 is 0 Å². The Hall–Kier alpha value is -3.69. The van der Waals surface area contributed by atoms with Crippen molar-refractivity contribution in [3.63, 3.8) is 0 Å². The van der Waals surface area contributed by atoms with Gasteiger partial charge in [0.15, 0.2) is 6.54 Å². The lowest BCUT2D eigenvalue weighted by Gasteiger charge is -2.12. The number of nitrogens with zero attached hydrogens (tertiary/aromatic N) is 2. The maximum atomic E-state index is 9.87. The molecule has 3 nitrogen and oxygen atoms in total. The molecule has 152 valence electrons. The number of aliphatic hydroxyl groups excluding tert-OH is 1. The lowest BCUT2D eigenvalue weighted by molar-refractivity contribution is -0.676. The molecule has 3 heteroatoms. The monoisotopic (exact) mass is 405 g/mol. The van der Waals surface area contributed by atoms with Gasteiger partial charge in [-0.1, -0.05) is 54.6 Å². The summed E-state index contributed by atoms with van der Waals surface area (Å²) in [6.45, 7) is 0.613. The average molecular weight is 406 g/mol. The third-order valence-corrected chi connectivity index (χ3v) is 5.84. The molecule has 3 aromatic carbocycles. The number of aryl methyl sites for hydroxylation is 1. The summed E-state index contributed by atoms with van der Waals surface area (Å²) in [6, 6.07) is 33.8. The third-order valence-electron chi connectivity index (χ3n) is 5.84. The summed E-state index contributed by atoms with van der Waals surface area (Å²) in [5, 5.41) is 11.1. The number of aliphatic hydroxyl groups is 1. The van der Waals surface area contributed by atoms with Gasteiger partial charge in [0, 0.05) is 53.0 Å². The molecule has 0 saturated carbocycles.